The number of hydrogen-bond donors (Lipinski definition) is 1. The Morgan fingerprint density at radius 2 is 2.05 bits per heavy atom. The molecule has 1 N–H and O–H groups in total. The maximum Gasteiger partial charge on any atom is 0.0414 e. The summed E-state index contributed by atoms with van der Waals surface area (Å²) in [6, 6.07) is 14.2. The monoisotopic (exact) mass is 349 g/mol. The third kappa shape index (κ3) is 3.00. The van der Waals surface area contributed by atoms with Crippen molar-refractivity contribution < 1.29 is 0 Å². The molecule has 1 heterocycles. The highest BCUT2D eigenvalue weighted by Gasteiger charge is 2.32. The predicted octanol–water partition coefficient (Wildman–Crippen LogP) is 5.50. The lowest BCUT2D eigenvalue weighted by atomic mass is 9.75. The van der Waals surface area contributed by atoms with Crippen LogP contribution < -0.4 is 5.32 Å². The Morgan fingerprint density at radius 3 is 2.70 bits per heavy atom. The lowest BCUT2D eigenvalue weighted by molar-refractivity contribution is 0.263. The van der Waals surface area contributed by atoms with Gasteiger partial charge in [0.2, 0.25) is 0 Å². The quantitative estimate of drug-likeness (QED) is 0.751. The van der Waals surface area contributed by atoms with Crippen LogP contribution in [-0.2, 0) is 0 Å². The molecule has 0 spiro atoms. The first-order valence-corrected chi connectivity index (χ1v) is 8.99. The summed E-state index contributed by atoms with van der Waals surface area (Å²) in [5.74, 6) is 0.712. The van der Waals surface area contributed by atoms with Gasteiger partial charge in [0.1, 0.15) is 0 Å². The molecule has 0 radical (unpaired) electrons. The molecular weight excluding hydrogens is 330 g/mol. The molecule has 1 unspecified atom stereocenters. The van der Waals surface area contributed by atoms with Crippen LogP contribution in [0.1, 0.15) is 48.6 Å². The molecule has 0 amide bonds. The average molecular weight is 350 g/mol. The Labute approximate surface area is 133 Å². The van der Waals surface area contributed by atoms with E-state index >= 15 is 0 Å². The summed E-state index contributed by atoms with van der Waals surface area (Å²) in [6.07, 6.45) is 3.67. The molecule has 1 fully saturated rings. The van der Waals surface area contributed by atoms with Gasteiger partial charge in [-0.2, -0.15) is 0 Å². The maximum atomic E-state index is 3.82. The Hall–Kier alpha value is -0.640. The van der Waals surface area contributed by atoms with Gasteiger partial charge in [-0.15, -0.1) is 11.3 Å². The van der Waals surface area contributed by atoms with Crippen molar-refractivity contribution in [2.24, 2.45) is 0 Å². The molecule has 1 aromatic carbocycles. The third-order valence-electron chi connectivity index (χ3n) is 4.21. The number of benzene rings is 1. The van der Waals surface area contributed by atoms with E-state index in [2.05, 4.69) is 69.9 Å². The first-order chi connectivity index (χ1) is 9.78. The van der Waals surface area contributed by atoms with Crippen molar-refractivity contribution in [3.05, 3.63) is 56.7 Å². The predicted molar refractivity (Wildman–Crippen MR) is 90.4 cm³/mol. The summed E-state index contributed by atoms with van der Waals surface area (Å²) in [5, 5.41) is 5.99. The Morgan fingerprint density at radius 1 is 1.25 bits per heavy atom. The fourth-order valence-corrected chi connectivity index (χ4v) is 4.47. The molecule has 1 saturated carbocycles. The lowest BCUT2D eigenvalue weighted by Gasteiger charge is -2.39. The maximum absolute atomic E-state index is 3.82. The molecule has 1 aromatic heterocycles. The summed E-state index contributed by atoms with van der Waals surface area (Å²) in [6.45, 7) is 2.27. The molecule has 1 aliphatic carbocycles. The SMILES string of the molecule is CCC(NC1CC(c2ccccc2Br)C1)c1cccs1. The van der Waals surface area contributed by atoms with Crippen LogP contribution in [0.5, 0.6) is 0 Å². The largest absolute Gasteiger partial charge is 0.306 e. The van der Waals surface area contributed by atoms with Gasteiger partial charge in [-0.3, -0.25) is 0 Å². The second-order valence-electron chi connectivity index (χ2n) is 5.53. The minimum absolute atomic E-state index is 0.528. The zero-order valence-corrected chi connectivity index (χ0v) is 14.1. The van der Waals surface area contributed by atoms with E-state index in [0.29, 0.717) is 18.0 Å². The molecule has 1 nitrogen and oxygen atoms in total. The first-order valence-electron chi connectivity index (χ1n) is 7.31. The van der Waals surface area contributed by atoms with Crippen LogP contribution in [0.4, 0.5) is 0 Å². The topological polar surface area (TPSA) is 12.0 Å². The zero-order chi connectivity index (χ0) is 13.9. The van der Waals surface area contributed by atoms with Gasteiger partial charge in [0.05, 0.1) is 0 Å². The van der Waals surface area contributed by atoms with Gasteiger partial charge in [0.25, 0.3) is 0 Å². The molecule has 106 valence electrons. The van der Waals surface area contributed by atoms with Crippen LogP contribution in [0, 0.1) is 0 Å². The highest BCUT2D eigenvalue weighted by molar-refractivity contribution is 9.10. The molecule has 0 aliphatic heterocycles. The van der Waals surface area contributed by atoms with E-state index in [1.54, 1.807) is 0 Å². The van der Waals surface area contributed by atoms with E-state index < -0.39 is 0 Å². The van der Waals surface area contributed by atoms with Crippen molar-refractivity contribution in [3.8, 4) is 0 Å². The Bertz CT molecular complexity index is 546. The van der Waals surface area contributed by atoms with Crippen LogP contribution in [0.15, 0.2) is 46.3 Å². The van der Waals surface area contributed by atoms with Crippen molar-refractivity contribution in [2.75, 3.05) is 0 Å². The second kappa shape index (κ2) is 6.42. The lowest BCUT2D eigenvalue weighted by Crippen LogP contribution is -2.41. The summed E-state index contributed by atoms with van der Waals surface area (Å²) in [4.78, 5) is 1.47. The Kier molecular flexibility index (Phi) is 4.59. The van der Waals surface area contributed by atoms with E-state index in [9.17, 15) is 0 Å². The fourth-order valence-electron chi connectivity index (χ4n) is 2.99. The molecule has 2 aromatic rings. The highest BCUT2D eigenvalue weighted by atomic mass is 79.9. The van der Waals surface area contributed by atoms with Gasteiger partial charge >= 0.3 is 0 Å². The van der Waals surface area contributed by atoms with Gasteiger partial charge in [0, 0.05) is 21.4 Å². The Balaban J connectivity index is 1.57. The molecule has 0 saturated heterocycles. The summed E-state index contributed by atoms with van der Waals surface area (Å²) < 4.78 is 1.26. The normalized spacial score (nSPS) is 23.3. The summed E-state index contributed by atoms with van der Waals surface area (Å²) in [5.41, 5.74) is 1.47. The molecule has 20 heavy (non-hydrogen) atoms. The number of thiophene rings is 1. The zero-order valence-electron chi connectivity index (χ0n) is 11.7. The minimum Gasteiger partial charge on any atom is -0.306 e. The average Bonchev–Trinajstić information content (AvgIpc) is 2.93. The van der Waals surface area contributed by atoms with Crippen molar-refractivity contribution in [2.45, 2.75) is 44.2 Å². The summed E-state index contributed by atoms with van der Waals surface area (Å²) >= 11 is 5.53. The van der Waals surface area contributed by atoms with Crippen LogP contribution in [0.3, 0.4) is 0 Å². The van der Waals surface area contributed by atoms with E-state index in [1.807, 2.05) is 11.3 Å². The number of halogens is 1. The van der Waals surface area contributed by atoms with Gasteiger partial charge in [-0.1, -0.05) is 47.1 Å². The van der Waals surface area contributed by atoms with Crippen molar-refractivity contribution in [3.63, 3.8) is 0 Å². The van der Waals surface area contributed by atoms with Crippen molar-refractivity contribution >= 4 is 27.3 Å². The van der Waals surface area contributed by atoms with Crippen LogP contribution >= 0.6 is 27.3 Å². The standard InChI is InChI=1S/C17H20BrNS/c1-2-16(17-8-5-9-20-17)19-13-10-12(11-13)14-6-3-4-7-15(14)18/h3-9,12-13,16,19H,2,10-11H2,1H3. The van der Waals surface area contributed by atoms with Gasteiger partial charge in [0.15, 0.2) is 0 Å². The van der Waals surface area contributed by atoms with E-state index in [4.69, 9.17) is 0 Å². The van der Waals surface area contributed by atoms with E-state index in [-0.39, 0.29) is 0 Å². The molecular formula is C17H20BrNS. The fraction of sp³-hybridized carbons (Fsp3) is 0.412. The molecule has 1 aliphatic rings. The van der Waals surface area contributed by atoms with Crippen molar-refractivity contribution in [1.29, 1.82) is 0 Å². The molecule has 0 bridgehead atoms. The van der Waals surface area contributed by atoms with E-state index in [1.165, 1.54) is 27.8 Å². The minimum atomic E-state index is 0.528. The van der Waals surface area contributed by atoms with Crippen LogP contribution in [0.25, 0.3) is 0 Å². The highest BCUT2D eigenvalue weighted by Crippen LogP contribution is 2.41. The number of rotatable bonds is 5. The van der Waals surface area contributed by atoms with Gasteiger partial charge in [-0.05, 0) is 48.3 Å². The van der Waals surface area contributed by atoms with Gasteiger partial charge in [-0.25, -0.2) is 0 Å². The molecule has 3 heteroatoms. The third-order valence-corrected chi connectivity index (χ3v) is 5.92. The van der Waals surface area contributed by atoms with Crippen molar-refractivity contribution in [1.82, 2.24) is 5.32 Å². The molecule has 1 atom stereocenters. The molecule has 3 rings (SSSR count). The van der Waals surface area contributed by atoms with Crippen LogP contribution in [-0.4, -0.2) is 6.04 Å². The second-order valence-corrected chi connectivity index (χ2v) is 7.36. The number of hydrogen-bond acceptors (Lipinski definition) is 2. The van der Waals surface area contributed by atoms with Crippen LogP contribution in [0.2, 0.25) is 0 Å². The summed E-state index contributed by atoms with van der Waals surface area (Å²) in [7, 11) is 0. The first kappa shape index (κ1) is 14.3. The van der Waals surface area contributed by atoms with E-state index in [0.717, 1.165) is 6.42 Å². The smallest absolute Gasteiger partial charge is 0.0414 e. The number of nitrogens with one attached hydrogen (secondary N) is 1. The van der Waals surface area contributed by atoms with Gasteiger partial charge < -0.3 is 5.32 Å².